The number of aliphatic imine (C=N–C) groups is 1. The van der Waals surface area contributed by atoms with Crippen molar-refractivity contribution in [1.29, 1.82) is 0 Å². The lowest BCUT2D eigenvalue weighted by atomic mass is 9.86. The molecule has 0 atom stereocenters. The standard InChI is InChI=1S/C19H33N5O2/c1-4-26-18(25)16-7-9-17(10-8-16)23-19(20-3)22-11-5-6-13-24-14-12-21-15(24)2/h12,14,16-17H,4-11,13H2,1-3H3,(H2,20,22,23). The number of guanidine groups is 1. The molecule has 2 rings (SSSR count). The van der Waals surface area contributed by atoms with Crippen molar-refractivity contribution in [1.82, 2.24) is 20.2 Å². The number of unbranched alkanes of at least 4 members (excludes halogenated alkanes) is 1. The molecule has 1 aromatic rings. The lowest BCUT2D eigenvalue weighted by Gasteiger charge is -2.29. The topological polar surface area (TPSA) is 80.5 Å². The van der Waals surface area contributed by atoms with Gasteiger partial charge in [0.25, 0.3) is 0 Å². The minimum absolute atomic E-state index is 0.0402. The number of rotatable bonds is 8. The summed E-state index contributed by atoms with van der Waals surface area (Å²) in [6.07, 6.45) is 9.77. The van der Waals surface area contributed by atoms with Gasteiger partial charge in [0.15, 0.2) is 5.96 Å². The summed E-state index contributed by atoms with van der Waals surface area (Å²) < 4.78 is 7.30. The van der Waals surface area contributed by atoms with E-state index in [0.717, 1.165) is 63.4 Å². The van der Waals surface area contributed by atoms with E-state index < -0.39 is 0 Å². The molecular formula is C19H33N5O2. The molecule has 0 radical (unpaired) electrons. The normalized spacial score (nSPS) is 20.7. The van der Waals surface area contributed by atoms with Crippen LogP contribution in [0.1, 0.15) is 51.3 Å². The smallest absolute Gasteiger partial charge is 0.308 e. The van der Waals surface area contributed by atoms with Crippen LogP contribution >= 0.6 is 0 Å². The Labute approximate surface area is 156 Å². The quantitative estimate of drug-likeness (QED) is 0.320. The van der Waals surface area contributed by atoms with Gasteiger partial charge < -0.3 is 19.9 Å². The number of carbonyl (C=O) groups is 1. The summed E-state index contributed by atoms with van der Waals surface area (Å²) in [5.74, 6) is 1.94. The van der Waals surface area contributed by atoms with Crippen molar-refractivity contribution in [2.45, 2.75) is 65.0 Å². The van der Waals surface area contributed by atoms with E-state index in [9.17, 15) is 4.79 Å². The van der Waals surface area contributed by atoms with Crippen LogP contribution in [0.5, 0.6) is 0 Å². The fourth-order valence-corrected chi connectivity index (χ4v) is 3.38. The van der Waals surface area contributed by atoms with E-state index in [4.69, 9.17) is 4.74 Å². The van der Waals surface area contributed by atoms with Gasteiger partial charge in [0, 0.05) is 38.6 Å². The number of aryl methyl sites for hydroxylation is 2. The van der Waals surface area contributed by atoms with E-state index in [1.165, 1.54) is 0 Å². The molecule has 0 spiro atoms. The average Bonchev–Trinajstić information content (AvgIpc) is 3.06. The molecule has 1 aliphatic carbocycles. The van der Waals surface area contributed by atoms with Crippen molar-refractivity contribution in [3.8, 4) is 0 Å². The Bertz CT molecular complexity index is 576. The van der Waals surface area contributed by atoms with Crippen molar-refractivity contribution >= 4 is 11.9 Å². The third kappa shape index (κ3) is 6.35. The zero-order valence-electron chi connectivity index (χ0n) is 16.3. The van der Waals surface area contributed by atoms with Gasteiger partial charge in [0.1, 0.15) is 5.82 Å². The van der Waals surface area contributed by atoms with Crippen LogP contribution in [0.25, 0.3) is 0 Å². The highest BCUT2D eigenvalue weighted by Crippen LogP contribution is 2.25. The second-order valence-corrected chi connectivity index (χ2v) is 6.82. The van der Waals surface area contributed by atoms with Crippen molar-refractivity contribution in [3.63, 3.8) is 0 Å². The third-order valence-electron chi connectivity index (χ3n) is 4.95. The molecule has 0 bridgehead atoms. The lowest BCUT2D eigenvalue weighted by molar-refractivity contribution is -0.149. The number of nitrogens with one attached hydrogen (secondary N) is 2. The van der Waals surface area contributed by atoms with Crippen LogP contribution < -0.4 is 10.6 Å². The second kappa shape index (κ2) is 10.8. The Morgan fingerprint density at radius 3 is 2.73 bits per heavy atom. The molecule has 1 heterocycles. The Kier molecular flexibility index (Phi) is 8.44. The minimum Gasteiger partial charge on any atom is -0.466 e. The number of imidazole rings is 1. The lowest BCUT2D eigenvalue weighted by Crippen LogP contribution is -2.45. The van der Waals surface area contributed by atoms with E-state index in [0.29, 0.717) is 12.6 Å². The predicted octanol–water partition coefficient (Wildman–Crippen LogP) is 2.26. The van der Waals surface area contributed by atoms with Crippen molar-refractivity contribution in [2.75, 3.05) is 20.2 Å². The Balaban J connectivity index is 1.61. The first-order valence-corrected chi connectivity index (χ1v) is 9.75. The van der Waals surface area contributed by atoms with E-state index in [1.807, 2.05) is 26.2 Å². The molecule has 146 valence electrons. The highest BCUT2D eigenvalue weighted by atomic mass is 16.5. The monoisotopic (exact) mass is 363 g/mol. The molecule has 0 saturated heterocycles. The molecule has 0 aliphatic heterocycles. The molecule has 0 amide bonds. The van der Waals surface area contributed by atoms with E-state index >= 15 is 0 Å². The molecule has 2 N–H and O–H groups in total. The van der Waals surface area contributed by atoms with Gasteiger partial charge in [-0.05, 0) is 52.4 Å². The Morgan fingerprint density at radius 1 is 1.35 bits per heavy atom. The summed E-state index contributed by atoms with van der Waals surface area (Å²) in [7, 11) is 1.80. The molecular weight excluding hydrogens is 330 g/mol. The average molecular weight is 364 g/mol. The van der Waals surface area contributed by atoms with Gasteiger partial charge in [-0.2, -0.15) is 0 Å². The largest absolute Gasteiger partial charge is 0.466 e. The molecule has 1 aliphatic rings. The van der Waals surface area contributed by atoms with Crippen molar-refractivity contribution in [2.24, 2.45) is 10.9 Å². The zero-order valence-corrected chi connectivity index (χ0v) is 16.3. The molecule has 26 heavy (non-hydrogen) atoms. The van der Waals surface area contributed by atoms with Crippen LogP contribution in [-0.4, -0.2) is 47.7 Å². The fraction of sp³-hybridized carbons (Fsp3) is 0.737. The number of nitrogens with zero attached hydrogens (tertiary/aromatic N) is 3. The van der Waals surface area contributed by atoms with Gasteiger partial charge in [0.05, 0.1) is 12.5 Å². The predicted molar refractivity (Wildman–Crippen MR) is 103 cm³/mol. The maximum atomic E-state index is 11.8. The van der Waals surface area contributed by atoms with Crippen molar-refractivity contribution in [3.05, 3.63) is 18.2 Å². The van der Waals surface area contributed by atoms with E-state index in [2.05, 4.69) is 25.2 Å². The number of hydrogen-bond donors (Lipinski definition) is 2. The summed E-state index contributed by atoms with van der Waals surface area (Å²) in [5, 5.41) is 6.87. The number of aromatic nitrogens is 2. The van der Waals surface area contributed by atoms with Crippen LogP contribution in [0.2, 0.25) is 0 Å². The molecule has 1 aromatic heterocycles. The van der Waals surface area contributed by atoms with Crippen LogP contribution in [0.3, 0.4) is 0 Å². The molecule has 0 unspecified atom stereocenters. The number of carbonyl (C=O) groups excluding carboxylic acids is 1. The summed E-state index contributed by atoms with van der Waals surface area (Å²) in [6.45, 7) is 6.25. The molecule has 7 nitrogen and oxygen atoms in total. The third-order valence-corrected chi connectivity index (χ3v) is 4.95. The molecule has 0 aromatic carbocycles. The minimum atomic E-state index is -0.0402. The molecule has 1 saturated carbocycles. The first-order valence-electron chi connectivity index (χ1n) is 9.75. The first-order chi connectivity index (χ1) is 12.6. The summed E-state index contributed by atoms with van der Waals surface area (Å²) in [5.41, 5.74) is 0. The first kappa shape index (κ1) is 20.3. The Hall–Kier alpha value is -2.05. The van der Waals surface area contributed by atoms with E-state index in [1.54, 1.807) is 7.05 Å². The highest BCUT2D eigenvalue weighted by Gasteiger charge is 2.27. The van der Waals surface area contributed by atoms with Gasteiger partial charge in [0.2, 0.25) is 0 Å². The van der Waals surface area contributed by atoms with Crippen molar-refractivity contribution < 1.29 is 9.53 Å². The van der Waals surface area contributed by atoms with Gasteiger partial charge in [-0.25, -0.2) is 4.98 Å². The van der Waals surface area contributed by atoms with Crippen LogP contribution in [-0.2, 0) is 16.1 Å². The van der Waals surface area contributed by atoms with Gasteiger partial charge in [-0.3, -0.25) is 9.79 Å². The van der Waals surface area contributed by atoms with Gasteiger partial charge in [-0.1, -0.05) is 0 Å². The van der Waals surface area contributed by atoms with Crippen LogP contribution in [0, 0.1) is 12.8 Å². The van der Waals surface area contributed by atoms with Crippen LogP contribution in [0.15, 0.2) is 17.4 Å². The molecule has 1 fully saturated rings. The maximum Gasteiger partial charge on any atom is 0.308 e. The number of ether oxygens (including phenoxy) is 1. The number of hydrogen-bond acceptors (Lipinski definition) is 4. The SMILES string of the molecule is CCOC(=O)C1CCC(NC(=NC)NCCCCn2ccnc2C)CC1. The second-order valence-electron chi connectivity index (χ2n) is 6.82. The molecule has 7 heteroatoms. The fourth-order valence-electron chi connectivity index (χ4n) is 3.38. The zero-order chi connectivity index (χ0) is 18.8. The number of esters is 1. The summed E-state index contributed by atoms with van der Waals surface area (Å²) in [4.78, 5) is 20.4. The van der Waals surface area contributed by atoms with Gasteiger partial charge >= 0.3 is 5.97 Å². The highest BCUT2D eigenvalue weighted by molar-refractivity contribution is 5.80. The summed E-state index contributed by atoms with van der Waals surface area (Å²) in [6, 6.07) is 0.375. The van der Waals surface area contributed by atoms with Crippen LogP contribution in [0.4, 0.5) is 0 Å². The van der Waals surface area contributed by atoms with Gasteiger partial charge in [-0.15, -0.1) is 0 Å². The van der Waals surface area contributed by atoms with E-state index in [-0.39, 0.29) is 11.9 Å². The summed E-state index contributed by atoms with van der Waals surface area (Å²) >= 11 is 0. The maximum absolute atomic E-state index is 11.8. The Morgan fingerprint density at radius 2 is 2.12 bits per heavy atom.